The van der Waals surface area contributed by atoms with E-state index >= 15 is 0 Å². The molecule has 0 aromatic heterocycles. The molecule has 0 aromatic carbocycles. The molecule has 2 nitrogen and oxygen atoms in total. The molecule has 2 heteroatoms. The molecule has 2 N–H and O–H groups in total. The first-order valence-corrected chi connectivity index (χ1v) is 2.88. The van der Waals surface area contributed by atoms with Crippen molar-refractivity contribution in [3.63, 3.8) is 0 Å². The monoisotopic (exact) mass is 135 g/mol. The highest BCUT2D eigenvalue weighted by Crippen LogP contribution is 2.04. The minimum atomic E-state index is -0.420. The van der Waals surface area contributed by atoms with Crippen molar-refractivity contribution >= 4 is 5.91 Å². The summed E-state index contributed by atoms with van der Waals surface area (Å²) in [5.41, 5.74) is 4.98. The highest BCUT2D eigenvalue weighted by Gasteiger charge is 2.11. The first kappa shape index (κ1) is 8.59. The van der Waals surface area contributed by atoms with Gasteiger partial charge in [0.15, 0.2) is 0 Å². The molecule has 0 saturated heterocycles. The van der Waals surface area contributed by atoms with E-state index in [-0.39, 0.29) is 5.92 Å². The molecule has 52 valence electrons. The van der Waals surface area contributed by atoms with E-state index in [1.54, 1.807) is 0 Å². The van der Waals surface area contributed by atoms with Crippen LogP contribution in [-0.2, 0) is 4.79 Å². The van der Waals surface area contributed by atoms with E-state index in [2.05, 4.69) is 11.8 Å². The quantitative estimate of drug-likeness (QED) is 0.549. The fourth-order valence-electron chi connectivity index (χ4n) is 0.558. The van der Waals surface area contributed by atoms with Gasteiger partial charge in [-0.15, -0.1) is 24.7 Å². The van der Waals surface area contributed by atoms with Crippen LogP contribution in [0.4, 0.5) is 0 Å². The Bertz CT molecular complexity index is 178. The summed E-state index contributed by atoms with van der Waals surface area (Å²) in [5.74, 6) is 3.90. The van der Waals surface area contributed by atoms with Gasteiger partial charge in [0.1, 0.15) is 0 Å². The molecule has 0 bridgehead atoms. The number of hydrogen-bond acceptors (Lipinski definition) is 1. The summed E-state index contributed by atoms with van der Waals surface area (Å²) in [4.78, 5) is 10.5. The number of carbonyl (C=O) groups is 1. The lowest BCUT2D eigenvalue weighted by Crippen LogP contribution is -2.22. The van der Waals surface area contributed by atoms with Gasteiger partial charge in [-0.3, -0.25) is 4.79 Å². The minimum Gasteiger partial charge on any atom is -0.369 e. The van der Waals surface area contributed by atoms with E-state index in [4.69, 9.17) is 18.6 Å². The molecule has 0 rings (SSSR count). The van der Waals surface area contributed by atoms with E-state index in [1.165, 1.54) is 0 Å². The number of terminal acetylenes is 2. The molecule has 0 unspecified atom stereocenters. The van der Waals surface area contributed by atoms with Gasteiger partial charge in [-0.2, -0.15) is 0 Å². The van der Waals surface area contributed by atoms with Crippen LogP contribution in [0.1, 0.15) is 12.8 Å². The van der Waals surface area contributed by atoms with Crippen molar-refractivity contribution in [1.82, 2.24) is 0 Å². The van der Waals surface area contributed by atoms with Crippen molar-refractivity contribution in [3.8, 4) is 24.7 Å². The first-order chi connectivity index (χ1) is 4.72. The number of hydrogen-bond donors (Lipinski definition) is 1. The van der Waals surface area contributed by atoms with Crippen LogP contribution in [0, 0.1) is 30.6 Å². The lowest BCUT2D eigenvalue weighted by Gasteiger charge is -2.03. The number of nitrogens with two attached hydrogens (primary N) is 1. The van der Waals surface area contributed by atoms with Gasteiger partial charge in [0.05, 0.1) is 5.92 Å². The summed E-state index contributed by atoms with van der Waals surface area (Å²) >= 11 is 0. The van der Waals surface area contributed by atoms with E-state index in [9.17, 15) is 4.79 Å². The number of amides is 1. The Labute approximate surface area is 60.8 Å². The Morgan fingerprint density at radius 3 is 2.00 bits per heavy atom. The molecular formula is C8H9NO. The number of primary amides is 1. The van der Waals surface area contributed by atoms with Crippen molar-refractivity contribution in [2.24, 2.45) is 11.7 Å². The van der Waals surface area contributed by atoms with Crippen LogP contribution in [0.15, 0.2) is 0 Å². The van der Waals surface area contributed by atoms with Crippen molar-refractivity contribution in [2.45, 2.75) is 12.8 Å². The molecule has 0 radical (unpaired) electrons. The Balaban J connectivity index is 3.90. The molecule has 0 saturated carbocycles. The molecule has 1 amide bonds. The summed E-state index contributed by atoms with van der Waals surface area (Å²) in [5, 5.41) is 0. The van der Waals surface area contributed by atoms with Gasteiger partial charge in [0, 0.05) is 12.8 Å². The van der Waals surface area contributed by atoms with Gasteiger partial charge in [0.2, 0.25) is 5.91 Å². The smallest absolute Gasteiger partial charge is 0.222 e. The van der Waals surface area contributed by atoms with Crippen LogP contribution < -0.4 is 5.73 Å². The summed E-state index contributed by atoms with van der Waals surface area (Å²) in [6.45, 7) is 0. The minimum absolute atomic E-state index is 0.333. The Morgan fingerprint density at radius 2 is 1.80 bits per heavy atom. The Kier molecular flexibility index (Phi) is 3.84. The summed E-state index contributed by atoms with van der Waals surface area (Å²) in [7, 11) is 0. The third-order valence-electron chi connectivity index (χ3n) is 1.13. The van der Waals surface area contributed by atoms with Gasteiger partial charge >= 0.3 is 0 Å². The molecule has 0 fully saturated rings. The zero-order valence-electron chi connectivity index (χ0n) is 5.63. The molecule has 0 aromatic rings. The average molecular weight is 135 g/mol. The van der Waals surface area contributed by atoms with Crippen molar-refractivity contribution in [1.29, 1.82) is 0 Å². The third-order valence-corrected chi connectivity index (χ3v) is 1.13. The molecule has 0 aliphatic heterocycles. The van der Waals surface area contributed by atoms with Crippen LogP contribution in [-0.4, -0.2) is 5.91 Å². The molecule has 0 aliphatic rings. The topological polar surface area (TPSA) is 43.1 Å². The normalized spacial score (nSPS) is 8.30. The van der Waals surface area contributed by atoms with E-state index in [0.29, 0.717) is 12.8 Å². The highest BCUT2D eigenvalue weighted by atomic mass is 16.1. The van der Waals surface area contributed by atoms with Crippen LogP contribution in [0.25, 0.3) is 0 Å². The predicted octanol–water partition coefficient (Wildman–Crippen LogP) is 0.134. The number of rotatable bonds is 3. The SMILES string of the molecule is C#CCC(CC#C)C(N)=O. The molecular weight excluding hydrogens is 126 g/mol. The Morgan fingerprint density at radius 1 is 1.40 bits per heavy atom. The lowest BCUT2D eigenvalue weighted by atomic mass is 10.0. The molecule has 0 spiro atoms. The predicted molar refractivity (Wildman–Crippen MR) is 39.6 cm³/mol. The van der Waals surface area contributed by atoms with E-state index < -0.39 is 5.91 Å². The molecule has 0 heterocycles. The van der Waals surface area contributed by atoms with Crippen LogP contribution in [0.5, 0.6) is 0 Å². The highest BCUT2D eigenvalue weighted by molar-refractivity contribution is 5.77. The van der Waals surface area contributed by atoms with Crippen LogP contribution in [0.2, 0.25) is 0 Å². The van der Waals surface area contributed by atoms with Gasteiger partial charge in [-0.1, -0.05) is 0 Å². The van der Waals surface area contributed by atoms with Crippen molar-refractivity contribution in [2.75, 3.05) is 0 Å². The Hall–Kier alpha value is -1.41. The maximum Gasteiger partial charge on any atom is 0.222 e. The summed E-state index contributed by atoms with van der Waals surface area (Å²) in [6, 6.07) is 0. The number of carbonyl (C=O) groups excluding carboxylic acids is 1. The van der Waals surface area contributed by atoms with Gasteiger partial charge in [-0.25, -0.2) is 0 Å². The lowest BCUT2D eigenvalue weighted by molar-refractivity contribution is -0.121. The fraction of sp³-hybridized carbons (Fsp3) is 0.375. The zero-order chi connectivity index (χ0) is 7.98. The standard InChI is InChI=1S/C8H9NO/c1-3-5-7(6-4-2)8(9)10/h1-2,7H,5-6H2,(H2,9,10). The molecule has 0 atom stereocenters. The summed E-state index contributed by atoms with van der Waals surface area (Å²) < 4.78 is 0. The largest absolute Gasteiger partial charge is 0.369 e. The summed E-state index contributed by atoms with van der Waals surface area (Å²) in [6.07, 6.45) is 10.6. The van der Waals surface area contributed by atoms with Gasteiger partial charge in [-0.05, 0) is 0 Å². The fourth-order valence-corrected chi connectivity index (χ4v) is 0.558. The van der Waals surface area contributed by atoms with Gasteiger partial charge in [0.25, 0.3) is 0 Å². The second-order valence-corrected chi connectivity index (χ2v) is 1.92. The van der Waals surface area contributed by atoms with E-state index in [1.807, 2.05) is 0 Å². The zero-order valence-corrected chi connectivity index (χ0v) is 5.63. The first-order valence-electron chi connectivity index (χ1n) is 2.88. The van der Waals surface area contributed by atoms with Crippen molar-refractivity contribution in [3.05, 3.63) is 0 Å². The van der Waals surface area contributed by atoms with Crippen LogP contribution in [0.3, 0.4) is 0 Å². The third kappa shape index (κ3) is 2.79. The van der Waals surface area contributed by atoms with Crippen LogP contribution >= 0.6 is 0 Å². The molecule has 10 heavy (non-hydrogen) atoms. The average Bonchev–Trinajstić information content (AvgIpc) is 1.87. The molecule has 0 aliphatic carbocycles. The van der Waals surface area contributed by atoms with Gasteiger partial charge < -0.3 is 5.73 Å². The maximum atomic E-state index is 10.5. The maximum absolute atomic E-state index is 10.5. The second kappa shape index (κ2) is 4.47. The van der Waals surface area contributed by atoms with Crippen molar-refractivity contribution < 1.29 is 4.79 Å². The second-order valence-electron chi connectivity index (χ2n) is 1.92. The van der Waals surface area contributed by atoms with E-state index in [0.717, 1.165) is 0 Å².